The van der Waals surface area contributed by atoms with Crippen molar-refractivity contribution < 1.29 is 47.6 Å². The average Bonchev–Trinajstić information content (AvgIpc) is 3.07. The van der Waals surface area contributed by atoms with Crippen LogP contribution < -0.4 is 5.73 Å². The molecule has 0 bridgehead atoms. The maximum absolute atomic E-state index is 11.5. The summed E-state index contributed by atoms with van der Waals surface area (Å²) in [5, 5.41) is 20.3. The van der Waals surface area contributed by atoms with E-state index in [4.69, 9.17) is 20.3 Å². The van der Waals surface area contributed by atoms with Crippen LogP contribution in [0.1, 0.15) is 6.23 Å². The number of aliphatic hydroxyl groups excluding tert-OH is 2. The maximum atomic E-state index is 11.5. The summed E-state index contributed by atoms with van der Waals surface area (Å²) in [4.78, 5) is 38.1. The van der Waals surface area contributed by atoms with Gasteiger partial charge in [-0.25, -0.2) is 24.1 Å². The number of nitrogen functional groups attached to an aromatic ring is 1. The van der Waals surface area contributed by atoms with E-state index in [9.17, 15) is 24.2 Å². The number of anilines is 1. The Hall–Kier alpha value is 0.126. The van der Waals surface area contributed by atoms with Crippen LogP contribution in [0.5, 0.6) is 0 Å². The first-order chi connectivity index (χ1) is 12.5. The van der Waals surface area contributed by atoms with Crippen LogP contribution >= 0.6 is 15.6 Å². The van der Waals surface area contributed by atoms with Gasteiger partial charge in [0, 0.05) is 0 Å². The molecular weight excluding hydrogens is 451 g/mol. The third-order valence-corrected chi connectivity index (χ3v) is 5.76. The van der Waals surface area contributed by atoms with Gasteiger partial charge in [0.15, 0.2) is 17.7 Å². The summed E-state index contributed by atoms with van der Waals surface area (Å²) in [6, 6.07) is 0. The van der Waals surface area contributed by atoms with Gasteiger partial charge in [0.05, 0.1) is 12.9 Å². The second-order valence-corrected chi connectivity index (χ2v) is 8.30. The molecule has 7 N–H and O–H groups in total. The molecule has 1 fully saturated rings. The van der Waals surface area contributed by atoms with Crippen LogP contribution in [0.4, 0.5) is 5.82 Å². The number of aliphatic hydroxyl groups is 2. The van der Waals surface area contributed by atoms with Crippen molar-refractivity contribution >= 4 is 84.0 Å². The number of nitrogens with zero attached hydrogens (tertiary/aromatic N) is 4. The Balaban J connectivity index is 0.00000280. The first-order valence-electron chi connectivity index (χ1n) is 7.17. The number of hydrogen-bond acceptors (Lipinski definition) is 11. The van der Waals surface area contributed by atoms with E-state index in [-0.39, 0.29) is 68.4 Å². The fraction of sp³-hybridized carbons (Fsp3) is 0.500. The second kappa shape index (κ2) is 9.09. The zero-order valence-electron chi connectivity index (χ0n) is 13.2. The third-order valence-electron chi connectivity index (χ3n) is 3.61. The van der Waals surface area contributed by atoms with Crippen molar-refractivity contribution in [2.75, 3.05) is 12.3 Å². The fourth-order valence-electron chi connectivity index (χ4n) is 2.48. The Morgan fingerprint density at radius 1 is 1.18 bits per heavy atom. The summed E-state index contributed by atoms with van der Waals surface area (Å²) >= 11 is 0. The van der Waals surface area contributed by atoms with E-state index in [2.05, 4.69) is 23.8 Å². The average molecular weight is 467 g/mol. The normalized spacial score (nSPS) is 27.5. The topological polar surface area (TPSA) is 233 Å². The van der Waals surface area contributed by atoms with Gasteiger partial charge < -0.3 is 35.4 Å². The SMILES string of the molecule is Nc1ncnc2c1ncn2[C@@H]1O[C@H](COP(=O)(O)OP(=O)(O)O)C(O)C1O.[KH]. The van der Waals surface area contributed by atoms with E-state index in [1.54, 1.807) is 0 Å². The van der Waals surface area contributed by atoms with Gasteiger partial charge in [-0.3, -0.25) is 9.09 Å². The number of imidazole rings is 1. The second-order valence-electron chi connectivity index (χ2n) is 5.47. The molecule has 15 nitrogen and oxygen atoms in total. The molecular formula is C10H16KN5O10P2. The van der Waals surface area contributed by atoms with Crippen molar-refractivity contribution in [3.63, 3.8) is 0 Å². The molecule has 0 aromatic carbocycles. The molecule has 3 rings (SSSR count). The molecule has 0 radical (unpaired) electrons. The fourth-order valence-corrected chi connectivity index (χ4v) is 4.08. The van der Waals surface area contributed by atoms with E-state index in [1.807, 2.05) is 0 Å². The van der Waals surface area contributed by atoms with Gasteiger partial charge in [-0.1, -0.05) is 0 Å². The van der Waals surface area contributed by atoms with Gasteiger partial charge >= 0.3 is 67.0 Å². The number of ether oxygens (including phenoxy) is 1. The predicted molar refractivity (Wildman–Crippen MR) is 91.7 cm³/mol. The number of nitrogens with two attached hydrogens (primary N) is 1. The van der Waals surface area contributed by atoms with Gasteiger partial charge in [-0.15, -0.1) is 0 Å². The van der Waals surface area contributed by atoms with Crippen LogP contribution in [0.3, 0.4) is 0 Å². The van der Waals surface area contributed by atoms with E-state index in [0.29, 0.717) is 0 Å². The molecule has 18 heteroatoms. The Kier molecular flexibility index (Phi) is 7.92. The summed E-state index contributed by atoms with van der Waals surface area (Å²) in [5.74, 6) is 0.0856. The number of aromatic nitrogens is 4. The molecule has 0 aliphatic carbocycles. The molecule has 152 valence electrons. The Morgan fingerprint density at radius 3 is 2.50 bits per heavy atom. The zero-order chi connectivity index (χ0) is 20.0. The predicted octanol–water partition coefficient (Wildman–Crippen LogP) is -2.39. The summed E-state index contributed by atoms with van der Waals surface area (Å²) in [6.07, 6.45) is -3.20. The van der Waals surface area contributed by atoms with Crippen LogP contribution in [0.15, 0.2) is 12.7 Å². The Bertz CT molecular complexity index is 938. The van der Waals surface area contributed by atoms with Gasteiger partial charge in [-0.05, 0) is 0 Å². The number of fused-ring (bicyclic) bond motifs is 1. The molecule has 0 amide bonds. The van der Waals surface area contributed by atoms with Crippen LogP contribution in [-0.4, -0.2) is 121 Å². The number of hydrogen-bond donors (Lipinski definition) is 6. The molecule has 3 unspecified atom stereocenters. The van der Waals surface area contributed by atoms with Crippen molar-refractivity contribution in [1.29, 1.82) is 0 Å². The molecule has 1 saturated heterocycles. The molecule has 0 saturated carbocycles. The zero-order valence-corrected chi connectivity index (χ0v) is 15.0. The number of phosphoric acid groups is 2. The van der Waals surface area contributed by atoms with Crippen LogP contribution in [0.2, 0.25) is 0 Å². The molecule has 1 aliphatic heterocycles. The van der Waals surface area contributed by atoms with Gasteiger partial charge in [0.25, 0.3) is 0 Å². The summed E-state index contributed by atoms with van der Waals surface area (Å²) in [5.41, 5.74) is 6.11. The molecule has 2 aromatic heterocycles. The standard InChI is InChI=1S/C10H15N5O10P2.K.H/c11-8-5-9(13-2-12-8)15(3-14-5)10-7(17)6(16)4(24-10)1-23-27(21,22)25-26(18,19)20;;/h2-4,6-7,10,16-17H,1H2,(H,21,22)(H2,11,12,13)(H2,18,19,20);;/t4-,6?,7?,10-;;/m1../s1. The molecule has 0 spiro atoms. The summed E-state index contributed by atoms with van der Waals surface area (Å²) in [7, 11) is -10.4. The first-order valence-corrected chi connectivity index (χ1v) is 10.2. The Morgan fingerprint density at radius 2 is 1.86 bits per heavy atom. The molecule has 1 aliphatic rings. The number of rotatable bonds is 6. The van der Waals surface area contributed by atoms with Crippen molar-refractivity contribution in [1.82, 2.24) is 19.5 Å². The van der Waals surface area contributed by atoms with E-state index < -0.39 is 46.8 Å². The molecule has 28 heavy (non-hydrogen) atoms. The van der Waals surface area contributed by atoms with Crippen molar-refractivity contribution in [3.05, 3.63) is 12.7 Å². The van der Waals surface area contributed by atoms with Crippen LogP contribution in [0, 0.1) is 0 Å². The monoisotopic (exact) mass is 467 g/mol. The van der Waals surface area contributed by atoms with E-state index in [0.717, 1.165) is 6.33 Å². The summed E-state index contributed by atoms with van der Waals surface area (Å²) in [6.45, 7) is -0.813. The quantitative estimate of drug-likeness (QED) is 0.192. The molecule has 2 aromatic rings. The van der Waals surface area contributed by atoms with Gasteiger partial charge in [0.1, 0.15) is 30.2 Å². The minimum absolute atomic E-state index is 0. The van der Waals surface area contributed by atoms with Crippen LogP contribution in [-0.2, 0) is 22.7 Å². The minimum atomic E-state index is -5.29. The van der Waals surface area contributed by atoms with Crippen molar-refractivity contribution in [2.24, 2.45) is 0 Å². The van der Waals surface area contributed by atoms with Crippen molar-refractivity contribution in [3.8, 4) is 0 Å². The van der Waals surface area contributed by atoms with Crippen molar-refractivity contribution in [2.45, 2.75) is 24.5 Å². The number of phosphoric ester groups is 1. The first kappa shape index (κ1) is 24.4. The third kappa shape index (κ3) is 5.43. The van der Waals surface area contributed by atoms with Gasteiger partial charge in [-0.2, -0.15) is 4.31 Å². The summed E-state index contributed by atoms with van der Waals surface area (Å²) < 4.78 is 36.8. The Labute approximate surface area is 199 Å². The van der Waals surface area contributed by atoms with Crippen LogP contribution in [0.25, 0.3) is 11.2 Å². The van der Waals surface area contributed by atoms with Gasteiger partial charge in [0.2, 0.25) is 0 Å². The molecule has 3 heterocycles. The van der Waals surface area contributed by atoms with E-state index in [1.165, 1.54) is 10.9 Å². The molecule has 5 atom stereocenters. The van der Waals surface area contributed by atoms with E-state index >= 15 is 0 Å².